The predicted molar refractivity (Wildman–Crippen MR) is 115 cm³/mol. The second-order valence-electron chi connectivity index (χ2n) is 8.91. The molecule has 1 saturated carbocycles. The van der Waals surface area contributed by atoms with E-state index in [4.69, 9.17) is 0 Å². The maximum absolute atomic E-state index is 13.1. The van der Waals surface area contributed by atoms with Crippen LogP contribution in [-0.4, -0.2) is 77.9 Å². The lowest BCUT2D eigenvalue weighted by atomic mass is 9.81. The van der Waals surface area contributed by atoms with E-state index in [0.717, 1.165) is 32.4 Å². The molecule has 0 unspecified atom stereocenters. The number of piperazine rings is 1. The Balaban J connectivity index is 1.39. The van der Waals surface area contributed by atoms with E-state index in [1.54, 1.807) is 16.8 Å². The fraction of sp³-hybridized carbons (Fsp3) is 0.609. The Morgan fingerprint density at radius 3 is 2.33 bits per heavy atom. The summed E-state index contributed by atoms with van der Waals surface area (Å²) in [5.74, 6) is -0.323. The molecular weight excluding hydrogens is 380 g/mol. The highest BCUT2D eigenvalue weighted by molar-refractivity contribution is 6.09. The molecule has 4 rings (SSSR count). The van der Waals surface area contributed by atoms with Gasteiger partial charge in [0.15, 0.2) is 0 Å². The number of likely N-dealkylation sites (N-methyl/N-ethyl adjacent to an activating group) is 1. The van der Waals surface area contributed by atoms with Gasteiger partial charge in [-0.05, 0) is 43.9 Å². The van der Waals surface area contributed by atoms with Crippen molar-refractivity contribution in [1.82, 2.24) is 14.7 Å². The second-order valence-corrected chi connectivity index (χ2v) is 8.91. The van der Waals surface area contributed by atoms with Crippen LogP contribution in [0, 0.1) is 13.8 Å². The highest BCUT2D eigenvalue weighted by atomic mass is 16.2. The number of carbonyl (C=O) groups is 3. The average Bonchev–Trinajstić information content (AvgIpc) is 2.92. The van der Waals surface area contributed by atoms with Crippen LogP contribution in [0.15, 0.2) is 18.2 Å². The Hall–Kier alpha value is -2.57. The van der Waals surface area contributed by atoms with E-state index in [2.05, 4.69) is 36.9 Å². The Morgan fingerprint density at radius 2 is 1.67 bits per heavy atom. The van der Waals surface area contributed by atoms with Crippen LogP contribution in [0.5, 0.6) is 0 Å². The molecule has 4 amide bonds. The van der Waals surface area contributed by atoms with Gasteiger partial charge in [0.1, 0.15) is 12.1 Å². The molecule has 0 radical (unpaired) electrons. The van der Waals surface area contributed by atoms with Crippen LogP contribution in [0.25, 0.3) is 0 Å². The third-order valence-corrected chi connectivity index (χ3v) is 7.33. The zero-order valence-corrected chi connectivity index (χ0v) is 18.3. The first-order chi connectivity index (χ1) is 14.3. The van der Waals surface area contributed by atoms with Crippen LogP contribution in [0.2, 0.25) is 0 Å². The topological polar surface area (TPSA) is 64.2 Å². The number of aryl methyl sites for hydroxylation is 1. The SMILES string of the molecule is Cc1cccc(N2CCN(C(=O)CN3C(=O)N(C)C4(CCCCC4)C3=O)CC2)c1C. The van der Waals surface area contributed by atoms with Crippen LogP contribution in [0.4, 0.5) is 10.5 Å². The van der Waals surface area contributed by atoms with Crippen molar-refractivity contribution in [3.63, 3.8) is 0 Å². The minimum absolute atomic E-state index is 0.140. The minimum Gasteiger partial charge on any atom is -0.368 e. The fourth-order valence-electron chi connectivity index (χ4n) is 5.18. The van der Waals surface area contributed by atoms with E-state index in [9.17, 15) is 14.4 Å². The molecule has 0 N–H and O–H groups in total. The number of amides is 4. The second kappa shape index (κ2) is 7.93. The third kappa shape index (κ3) is 3.34. The van der Waals surface area contributed by atoms with Gasteiger partial charge in [0, 0.05) is 38.9 Å². The molecule has 1 aromatic carbocycles. The van der Waals surface area contributed by atoms with Gasteiger partial charge in [-0.3, -0.25) is 14.5 Å². The monoisotopic (exact) mass is 412 g/mol. The molecule has 2 heterocycles. The Bertz CT molecular complexity index is 854. The van der Waals surface area contributed by atoms with E-state index in [1.165, 1.54) is 21.7 Å². The molecule has 0 bridgehead atoms. The number of urea groups is 1. The van der Waals surface area contributed by atoms with E-state index in [0.29, 0.717) is 25.9 Å². The highest BCUT2D eigenvalue weighted by Crippen LogP contribution is 2.39. The van der Waals surface area contributed by atoms with Gasteiger partial charge < -0.3 is 14.7 Å². The van der Waals surface area contributed by atoms with Crippen molar-refractivity contribution in [2.24, 2.45) is 0 Å². The summed E-state index contributed by atoms with van der Waals surface area (Å²) in [7, 11) is 1.71. The zero-order chi connectivity index (χ0) is 21.5. The summed E-state index contributed by atoms with van der Waals surface area (Å²) in [5, 5.41) is 0. The fourth-order valence-corrected chi connectivity index (χ4v) is 5.18. The molecule has 7 nitrogen and oxygen atoms in total. The van der Waals surface area contributed by atoms with Crippen molar-refractivity contribution in [3.8, 4) is 0 Å². The van der Waals surface area contributed by atoms with Crippen LogP contribution in [-0.2, 0) is 9.59 Å². The number of carbonyl (C=O) groups excluding carboxylic acids is 3. The van der Waals surface area contributed by atoms with Gasteiger partial charge in [0.2, 0.25) is 5.91 Å². The van der Waals surface area contributed by atoms with Crippen molar-refractivity contribution in [3.05, 3.63) is 29.3 Å². The van der Waals surface area contributed by atoms with Crippen molar-refractivity contribution < 1.29 is 14.4 Å². The van der Waals surface area contributed by atoms with E-state index >= 15 is 0 Å². The van der Waals surface area contributed by atoms with Gasteiger partial charge in [-0.2, -0.15) is 0 Å². The first-order valence-electron chi connectivity index (χ1n) is 11.0. The number of benzene rings is 1. The van der Waals surface area contributed by atoms with Gasteiger partial charge >= 0.3 is 6.03 Å². The largest absolute Gasteiger partial charge is 0.368 e. The molecule has 3 aliphatic rings. The third-order valence-electron chi connectivity index (χ3n) is 7.33. The zero-order valence-electron chi connectivity index (χ0n) is 18.3. The van der Waals surface area contributed by atoms with Gasteiger partial charge in [0.25, 0.3) is 5.91 Å². The summed E-state index contributed by atoms with van der Waals surface area (Å²) in [6, 6.07) is 5.97. The number of rotatable bonds is 3. The van der Waals surface area contributed by atoms with Crippen LogP contribution in [0.1, 0.15) is 43.2 Å². The molecule has 3 fully saturated rings. The molecule has 2 saturated heterocycles. The van der Waals surface area contributed by atoms with Gasteiger partial charge in [-0.25, -0.2) is 4.79 Å². The van der Waals surface area contributed by atoms with E-state index < -0.39 is 5.54 Å². The average molecular weight is 413 g/mol. The van der Waals surface area contributed by atoms with Crippen molar-refractivity contribution >= 4 is 23.5 Å². The summed E-state index contributed by atoms with van der Waals surface area (Å²) >= 11 is 0. The highest BCUT2D eigenvalue weighted by Gasteiger charge is 2.56. The summed E-state index contributed by atoms with van der Waals surface area (Å²) in [4.78, 5) is 45.7. The smallest absolute Gasteiger partial charge is 0.327 e. The van der Waals surface area contributed by atoms with Crippen LogP contribution in [0.3, 0.4) is 0 Å². The van der Waals surface area contributed by atoms with Crippen LogP contribution < -0.4 is 4.90 Å². The summed E-state index contributed by atoms with van der Waals surface area (Å²) in [6.07, 6.45) is 4.40. The first kappa shape index (κ1) is 20.7. The molecule has 0 aromatic heterocycles. The lowest BCUT2D eigenvalue weighted by molar-refractivity contribution is -0.140. The maximum Gasteiger partial charge on any atom is 0.327 e. The van der Waals surface area contributed by atoms with Gasteiger partial charge in [-0.15, -0.1) is 0 Å². The molecule has 1 spiro atoms. The first-order valence-corrected chi connectivity index (χ1v) is 11.0. The van der Waals surface area contributed by atoms with Crippen molar-refractivity contribution in [2.75, 3.05) is 44.7 Å². The lowest BCUT2D eigenvalue weighted by Gasteiger charge is -2.37. The van der Waals surface area contributed by atoms with E-state index in [-0.39, 0.29) is 24.4 Å². The lowest BCUT2D eigenvalue weighted by Crippen LogP contribution is -2.52. The van der Waals surface area contributed by atoms with Crippen LogP contribution >= 0.6 is 0 Å². The molecule has 30 heavy (non-hydrogen) atoms. The number of anilines is 1. The van der Waals surface area contributed by atoms with Crippen molar-refractivity contribution in [2.45, 2.75) is 51.5 Å². The summed E-state index contributed by atoms with van der Waals surface area (Å²) < 4.78 is 0. The van der Waals surface area contributed by atoms with Gasteiger partial charge in [-0.1, -0.05) is 31.4 Å². The quantitative estimate of drug-likeness (QED) is 0.716. The molecule has 162 valence electrons. The maximum atomic E-state index is 13.1. The minimum atomic E-state index is -0.725. The molecule has 1 aliphatic carbocycles. The molecule has 7 heteroatoms. The van der Waals surface area contributed by atoms with Gasteiger partial charge in [0.05, 0.1) is 0 Å². The van der Waals surface area contributed by atoms with E-state index in [1.807, 2.05) is 0 Å². The Morgan fingerprint density at radius 1 is 1.00 bits per heavy atom. The molecule has 2 aliphatic heterocycles. The molecular formula is C23H32N4O3. The number of hydrogen-bond donors (Lipinski definition) is 0. The Kier molecular flexibility index (Phi) is 5.47. The normalized spacial score (nSPS) is 21.7. The standard InChI is InChI=1S/C23H32N4O3/c1-17-8-7-9-19(18(17)2)25-12-14-26(15-13-25)20(28)16-27-21(29)23(24(3)22(27)30)10-5-4-6-11-23/h7-9H,4-6,10-16H2,1-3H3. The number of imide groups is 1. The molecule has 0 atom stereocenters. The number of hydrogen-bond acceptors (Lipinski definition) is 4. The number of nitrogens with zero attached hydrogens (tertiary/aromatic N) is 4. The molecule has 1 aromatic rings. The Labute approximate surface area is 178 Å². The predicted octanol–water partition coefficient (Wildman–Crippen LogP) is 2.55. The van der Waals surface area contributed by atoms with Crippen molar-refractivity contribution in [1.29, 1.82) is 0 Å². The summed E-state index contributed by atoms with van der Waals surface area (Å²) in [5.41, 5.74) is 3.02. The summed E-state index contributed by atoms with van der Waals surface area (Å²) in [6.45, 7) is 6.80.